The first-order valence-electron chi connectivity index (χ1n) is 23.4. The first-order chi connectivity index (χ1) is 32.6. The monoisotopic (exact) mass is 1030 g/mol. The van der Waals surface area contributed by atoms with Crippen molar-refractivity contribution in [3.63, 3.8) is 0 Å². The second kappa shape index (κ2) is 19.2. The number of nitrogens with zero attached hydrogens (tertiary/aromatic N) is 8. The number of hydrogen-bond acceptors (Lipinski definition) is 17. The molecule has 0 amide bonds. The molecule has 2 unspecified atom stereocenters. The second-order valence-corrected chi connectivity index (χ2v) is 23.5. The number of imidazole rings is 2. The van der Waals surface area contributed by atoms with Gasteiger partial charge < -0.3 is 44.2 Å². The fourth-order valence-corrected chi connectivity index (χ4v) is 14.4. The Labute approximate surface area is 393 Å². The summed E-state index contributed by atoms with van der Waals surface area (Å²) in [6, 6.07) is -2.05. The third-order valence-electron chi connectivity index (χ3n) is 14.6. The molecular formula is C40H61N8O18P3. The Morgan fingerprint density at radius 3 is 1.23 bits per heavy atom. The number of phosphoric ester groups is 2. The van der Waals surface area contributed by atoms with Crippen molar-refractivity contribution in [1.82, 2.24) is 37.4 Å². The number of rotatable bonds is 24. The Kier molecular flexibility index (Phi) is 14.4. The normalized spacial score (nSPS) is 30.9. The van der Waals surface area contributed by atoms with Crippen molar-refractivity contribution in [1.29, 1.82) is 0 Å². The van der Waals surface area contributed by atoms with E-state index in [1.54, 1.807) is 0 Å². The lowest BCUT2D eigenvalue weighted by molar-refractivity contribution is -0.0303. The molecule has 0 radical (unpaired) electrons. The molecule has 4 aromatic rings. The maximum atomic E-state index is 13.8. The first-order valence-corrected chi connectivity index (χ1v) is 27.9. The van der Waals surface area contributed by atoms with Gasteiger partial charge in [0.25, 0.3) is 11.1 Å². The molecule has 26 nitrogen and oxygen atoms in total. The molecular weight excluding hydrogens is 973 g/mol. The molecule has 4 heterocycles. The van der Waals surface area contributed by atoms with E-state index in [2.05, 4.69) is 18.6 Å². The molecule has 4 aromatic heterocycles. The molecule has 0 spiro atoms. The molecule has 69 heavy (non-hydrogen) atoms. The zero-order valence-corrected chi connectivity index (χ0v) is 41.3. The van der Waals surface area contributed by atoms with Crippen molar-refractivity contribution in [3.8, 4) is 0 Å². The zero-order valence-electron chi connectivity index (χ0n) is 38.6. The van der Waals surface area contributed by atoms with E-state index >= 15 is 0 Å². The van der Waals surface area contributed by atoms with Crippen LogP contribution >= 0.6 is 23.5 Å². The molecule has 384 valence electrons. The molecule has 0 bridgehead atoms. The lowest BCUT2D eigenvalue weighted by Crippen LogP contribution is -2.41. The number of hydrogen-bond donors (Lipinski definition) is 7. The highest BCUT2D eigenvalue weighted by atomic mass is 31.3. The first kappa shape index (κ1) is 51.9. The van der Waals surface area contributed by atoms with Crippen molar-refractivity contribution in [3.05, 3.63) is 54.3 Å². The van der Waals surface area contributed by atoms with Gasteiger partial charge in [0.2, 0.25) is 0 Å². The predicted octanol–water partition coefficient (Wildman–Crippen LogP) is 1.87. The van der Waals surface area contributed by atoms with Gasteiger partial charge in [0.15, 0.2) is 22.3 Å². The third-order valence-corrected chi connectivity index (χ3v) is 18.8. The highest BCUT2D eigenvalue weighted by Gasteiger charge is 2.73. The van der Waals surface area contributed by atoms with Crippen LogP contribution in [0.4, 0.5) is 0 Å². The Morgan fingerprint density at radius 2 is 0.899 bits per heavy atom. The number of phosphoric acid groups is 3. The van der Waals surface area contributed by atoms with Crippen molar-refractivity contribution < 1.29 is 66.5 Å². The molecule has 8 rings (SSSR count). The van der Waals surface area contributed by atoms with Crippen molar-refractivity contribution in [2.24, 2.45) is 22.7 Å². The highest BCUT2D eigenvalue weighted by molar-refractivity contribution is 7.66. The van der Waals surface area contributed by atoms with Gasteiger partial charge in [-0.1, -0.05) is 53.4 Å². The van der Waals surface area contributed by atoms with Crippen LogP contribution in [0.25, 0.3) is 22.3 Å². The van der Waals surface area contributed by atoms with Crippen LogP contribution in [0, 0.1) is 22.7 Å². The number of aliphatic hydroxyl groups excluding tert-OH is 4. The van der Waals surface area contributed by atoms with Crippen LogP contribution in [0.15, 0.2) is 31.8 Å². The Bertz CT molecular complexity index is 2810. The average Bonchev–Trinajstić information content (AvgIpc) is 3.99. The predicted molar refractivity (Wildman–Crippen MR) is 243 cm³/mol. The summed E-state index contributed by atoms with van der Waals surface area (Å²) in [5.41, 5.74) is -5.03. The van der Waals surface area contributed by atoms with Crippen molar-refractivity contribution in [2.75, 3.05) is 13.2 Å². The lowest BCUT2D eigenvalue weighted by Gasteiger charge is -2.25. The summed E-state index contributed by atoms with van der Waals surface area (Å²) < 4.78 is 65.7. The second-order valence-electron chi connectivity index (χ2n) is 18.9. The van der Waals surface area contributed by atoms with E-state index in [0.29, 0.717) is 38.5 Å². The van der Waals surface area contributed by atoms with Crippen LogP contribution in [-0.2, 0) is 57.5 Å². The fourth-order valence-electron chi connectivity index (χ4n) is 10.7. The van der Waals surface area contributed by atoms with Gasteiger partial charge in [-0.2, -0.15) is 8.62 Å². The van der Waals surface area contributed by atoms with Crippen LogP contribution in [0.3, 0.4) is 0 Å². The summed E-state index contributed by atoms with van der Waals surface area (Å²) in [5.74, 6) is -1.41. The number of unbranched alkanes of at least 4 members (excludes halogenated alkanes) is 4. The van der Waals surface area contributed by atoms with Crippen LogP contribution in [-0.4, -0.2) is 110 Å². The van der Waals surface area contributed by atoms with E-state index in [1.165, 1.54) is 30.9 Å². The van der Waals surface area contributed by atoms with Crippen molar-refractivity contribution in [2.45, 2.75) is 155 Å². The quantitative estimate of drug-likeness (QED) is 0.0493. The van der Waals surface area contributed by atoms with E-state index in [9.17, 15) is 68.0 Å². The summed E-state index contributed by atoms with van der Waals surface area (Å²) in [7, 11) is -17.4. The topological polar surface area (TPSA) is 353 Å². The molecule has 4 aliphatic carbocycles. The van der Waals surface area contributed by atoms with E-state index in [0.717, 1.165) is 22.0 Å². The molecule has 7 N–H and O–H groups in total. The average molecular weight is 1030 g/mol. The van der Waals surface area contributed by atoms with E-state index < -0.39 is 118 Å². The van der Waals surface area contributed by atoms with Gasteiger partial charge in [-0.15, -0.1) is 0 Å². The summed E-state index contributed by atoms with van der Waals surface area (Å²) >= 11 is 0. The third kappa shape index (κ3) is 9.10. The molecule has 0 aliphatic heterocycles. The fraction of sp³-hybridized carbons (Fsp3) is 0.750. The Balaban J connectivity index is 0.931. The summed E-state index contributed by atoms with van der Waals surface area (Å²) in [4.78, 5) is 94.7. The summed E-state index contributed by atoms with van der Waals surface area (Å²) in [6.45, 7) is 6.80. The maximum Gasteiger partial charge on any atom is 0.490 e. The van der Waals surface area contributed by atoms with Gasteiger partial charge in [0.1, 0.15) is 12.2 Å². The molecule has 4 fully saturated rings. The minimum absolute atomic E-state index is 0.0116. The Hall–Kier alpha value is -3.45. The van der Waals surface area contributed by atoms with Crippen LogP contribution in [0.5, 0.6) is 0 Å². The van der Waals surface area contributed by atoms with E-state index in [1.807, 2.05) is 27.7 Å². The number of fused-ring (bicyclic) bond motifs is 4. The zero-order chi connectivity index (χ0) is 50.2. The van der Waals surface area contributed by atoms with Crippen LogP contribution in [0.1, 0.15) is 104 Å². The molecule has 12 atom stereocenters. The van der Waals surface area contributed by atoms with Gasteiger partial charge in [0, 0.05) is 37.0 Å². The molecule has 0 saturated heterocycles. The number of aryl methyl sites for hydroxylation is 2. The van der Waals surface area contributed by atoms with Crippen LogP contribution in [0.2, 0.25) is 0 Å². The molecule has 4 aliphatic rings. The number of aromatic nitrogens is 8. The van der Waals surface area contributed by atoms with Crippen molar-refractivity contribution >= 4 is 45.8 Å². The minimum Gasteiger partial charge on any atom is -0.390 e. The maximum absolute atomic E-state index is 13.8. The minimum atomic E-state index is -6.01. The standard InChI is InChI=1S/C40H61N8O18P3/c1-5-9-13-43-33-27(35(53)45(37(43)55)15-11-7-3)47(21-41-33)25-23-17-39(23,31(51)29(25)49)19-63-67(57,58)65-69(61,62)66-68(59,60)64-20-40-18-24(40)26(30(50)32(40)52)48-22-42-34-28(48)36(54)46(16-12-8-4)38(56)44(34)14-10-6-2/h21-26,29-32,49-52H,5-20H2,1-4H3,(H,57,58)(H,59,60)(H,61,62)/t23-,24-,25-,26-,29+,30+,31+,32+,39+,40+/m1/s1. The highest BCUT2D eigenvalue weighted by Crippen LogP contribution is 2.73. The van der Waals surface area contributed by atoms with Gasteiger partial charge in [0.05, 0.1) is 50.2 Å². The van der Waals surface area contributed by atoms with Gasteiger partial charge in [-0.3, -0.25) is 36.9 Å². The summed E-state index contributed by atoms with van der Waals surface area (Å²) in [5, 5.41) is 45.2. The van der Waals surface area contributed by atoms with E-state index in [4.69, 9.17) is 9.05 Å². The Morgan fingerprint density at radius 1 is 0.565 bits per heavy atom. The van der Waals surface area contributed by atoms with Gasteiger partial charge >= 0.3 is 34.8 Å². The SMILES string of the molecule is CCCCn1c(=O)c2c(ncn2[C@H]2[C@H](O)[C@H](O)[C@]3(COP(=O)(O)OP(=O)(O)OP(=O)(O)OC[C@@]45C[C@@H]4[C@@H](n4cnc6c4c(=O)n(CCCC)c(=O)n6CCCC)[C@H](O)[C@@H]5O)C[C@H]23)n(CCCC)c1=O. The van der Waals surface area contributed by atoms with E-state index in [-0.39, 0.29) is 61.3 Å². The summed E-state index contributed by atoms with van der Waals surface area (Å²) in [6.07, 6.45) is 1.47. The molecule has 0 aromatic carbocycles. The lowest BCUT2D eigenvalue weighted by atomic mass is 10.0. The smallest absolute Gasteiger partial charge is 0.390 e. The molecule has 4 saturated carbocycles. The largest absolute Gasteiger partial charge is 0.490 e. The van der Waals surface area contributed by atoms with Crippen LogP contribution < -0.4 is 22.5 Å². The molecule has 29 heteroatoms. The number of aliphatic hydroxyl groups is 4. The van der Waals surface area contributed by atoms with Gasteiger partial charge in [-0.05, 0) is 50.4 Å². The van der Waals surface area contributed by atoms with Gasteiger partial charge in [-0.25, -0.2) is 33.3 Å².